The third-order valence-electron chi connectivity index (χ3n) is 4.12. The summed E-state index contributed by atoms with van der Waals surface area (Å²) in [7, 11) is 0. The predicted octanol–water partition coefficient (Wildman–Crippen LogP) is 3.50. The second-order valence-electron chi connectivity index (χ2n) is 6.88. The van der Waals surface area contributed by atoms with Crippen molar-refractivity contribution in [3.8, 4) is 0 Å². The number of aliphatic hydroxyl groups is 1. The van der Waals surface area contributed by atoms with Crippen LogP contribution in [0.4, 0.5) is 0 Å². The van der Waals surface area contributed by atoms with E-state index in [0.717, 1.165) is 6.42 Å². The van der Waals surface area contributed by atoms with Crippen molar-refractivity contribution in [3.05, 3.63) is 0 Å². The highest BCUT2D eigenvalue weighted by Crippen LogP contribution is 2.17. The van der Waals surface area contributed by atoms with Crippen molar-refractivity contribution in [2.75, 3.05) is 13.2 Å². The van der Waals surface area contributed by atoms with Gasteiger partial charge in [-0.05, 0) is 32.1 Å². The molecule has 20 heavy (non-hydrogen) atoms. The number of aliphatic hydroxyl groups excluding tert-OH is 1. The van der Waals surface area contributed by atoms with Crippen LogP contribution in [0.2, 0.25) is 0 Å². The molecule has 0 saturated heterocycles. The van der Waals surface area contributed by atoms with Gasteiger partial charge in [-0.25, -0.2) is 0 Å². The number of nitrogens with one attached hydrogen (secondary N) is 1. The maximum atomic E-state index is 10.0. The smallest absolute Gasteiger partial charge is 0.0897 e. The minimum Gasteiger partial charge on any atom is -0.389 e. The zero-order valence-electron chi connectivity index (χ0n) is 13.7. The highest BCUT2D eigenvalue weighted by Gasteiger charge is 2.14. The molecule has 0 heterocycles. The van der Waals surface area contributed by atoms with Crippen molar-refractivity contribution in [3.63, 3.8) is 0 Å². The largest absolute Gasteiger partial charge is 0.389 e. The Morgan fingerprint density at radius 1 is 1.05 bits per heavy atom. The Labute approximate surface area is 125 Å². The fourth-order valence-corrected chi connectivity index (χ4v) is 3.03. The highest BCUT2D eigenvalue weighted by atomic mass is 16.5. The van der Waals surface area contributed by atoms with E-state index >= 15 is 0 Å². The Bertz CT molecular complexity index is 225. The fourth-order valence-electron chi connectivity index (χ4n) is 3.03. The van der Waals surface area contributed by atoms with Crippen molar-refractivity contribution in [2.24, 2.45) is 5.92 Å². The van der Waals surface area contributed by atoms with E-state index in [0.29, 0.717) is 25.1 Å². The van der Waals surface area contributed by atoms with E-state index in [9.17, 15) is 5.11 Å². The molecule has 3 heteroatoms. The quantitative estimate of drug-likeness (QED) is 0.717. The van der Waals surface area contributed by atoms with Crippen molar-refractivity contribution in [1.82, 2.24) is 5.32 Å². The molecule has 2 atom stereocenters. The monoisotopic (exact) mass is 285 g/mol. The lowest BCUT2D eigenvalue weighted by atomic mass is 9.96. The third-order valence-corrected chi connectivity index (χ3v) is 4.12. The van der Waals surface area contributed by atoms with Crippen molar-refractivity contribution >= 4 is 0 Å². The molecule has 0 aromatic rings. The minimum absolute atomic E-state index is 0.242. The van der Waals surface area contributed by atoms with Gasteiger partial charge in [0.2, 0.25) is 0 Å². The molecule has 0 radical (unpaired) electrons. The van der Waals surface area contributed by atoms with Gasteiger partial charge in [-0.3, -0.25) is 0 Å². The summed E-state index contributed by atoms with van der Waals surface area (Å²) in [4.78, 5) is 0. The first-order chi connectivity index (χ1) is 9.58. The van der Waals surface area contributed by atoms with Crippen molar-refractivity contribution < 1.29 is 9.84 Å². The van der Waals surface area contributed by atoms with Gasteiger partial charge in [-0.2, -0.15) is 0 Å². The zero-order valence-corrected chi connectivity index (χ0v) is 13.7. The van der Waals surface area contributed by atoms with E-state index in [1.54, 1.807) is 0 Å². The molecular weight excluding hydrogens is 250 g/mol. The van der Waals surface area contributed by atoms with Gasteiger partial charge >= 0.3 is 0 Å². The fraction of sp³-hybridized carbons (Fsp3) is 1.00. The van der Waals surface area contributed by atoms with Crippen molar-refractivity contribution in [2.45, 2.75) is 90.4 Å². The molecule has 0 aromatic heterocycles. The van der Waals surface area contributed by atoms with Gasteiger partial charge in [0, 0.05) is 12.6 Å². The molecule has 0 spiro atoms. The van der Waals surface area contributed by atoms with Gasteiger partial charge in [0.1, 0.15) is 0 Å². The van der Waals surface area contributed by atoms with E-state index in [2.05, 4.69) is 26.1 Å². The first kappa shape index (κ1) is 17.9. The number of hydrogen-bond acceptors (Lipinski definition) is 3. The van der Waals surface area contributed by atoms with Gasteiger partial charge in [-0.15, -0.1) is 0 Å². The Morgan fingerprint density at radius 2 is 1.65 bits per heavy atom. The molecule has 2 N–H and O–H groups in total. The zero-order chi connectivity index (χ0) is 14.8. The van der Waals surface area contributed by atoms with Crippen LogP contribution in [0.5, 0.6) is 0 Å². The van der Waals surface area contributed by atoms with E-state index in [-0.39, 0.29) is 12.2 Å². The average Bonchev–Trinajstić information content (AvgIpc) is 2.34. The van der Waals surface area contributed by atoms with Crippen LogP contribution in [-0.2, 0) is 4.74 Å². The van der Waals surface area contributed by atoms with E-state index < -0.39 is 0 Å². The molecule has 0 bridgehead atoms. The summed E-state index contributed by atoms with van der Waals surface area (Å²) in [5.41, 5.74) is 0. The average molecular weight is 285 g/mol. The van der Waals surface area contributed by atoms with Crippen LogP contribution in [0.1, 0.15) is 72.1 Å². The summed E-state index contributed by atoms with van der Waals surface area (Å²) in [6, 6.07) is 0.595. The molecule has 0 amide bonds. The van der Waals surface area contributed by atoms with Crippen LogP contribution in [-0.4, -0.2) is 36.5 Å². The summed E-state index contributed by atoms with van der Waals surface area (Å²) in [5, 5.41) is 13.5. The molecule has 1 rings (SSSR count). The normalized spacial score (nSPS) is 21.4. The summed E-state index contributed by atoms with van der Waals surface area (Å²) in [5.74, 6) is 0.648. The molecule has 1 fully saturated rings. The van der Waals surface area contributed by atoms with E-state index in [1.807, 2.05) is 0 Å². The third kappa shape index (κ3) is 8.93. The van der Waals surface area contributed by atoms with Crippen LogP contribution in [0.15, 0.2) is 0 Å². The van der Waals surface area contributed by atoms with Crippen LogP contribution < -0.4 is 5.32 Å². The molecule has 0 aromatic carbocycles. The molecule has 1 aliphatic carbocycles. The van der Waals surface area contributed by atoms with Crippen LogP contribution in [0.25, 0.3) is 0 Å². The van der Waals surface area contributed by atoms with Gasteiger partial charge in [0.25, 0.3) is 0 Å². The topological polar surface area (TPSA) is 41.5 Å². The molecule has 120 valence electrons. The maximum absolute atomic E-state index is 10.0. The first-order valence-electron chi connectivity index (χ1n) is 8.61. The summed E-state index contributed by atoms with van der Waals surface area (Å²) in [6.07, 6.45) is 10.2. The molecule has 2 unspecified atom stereocenters. The second-order valence-corrected chi connectivity index (χ2v) is 6.88. The maximum Gasteiger partial charge on any atom is 0.0897 e. The lowest BCUT2D eigenvalue weighted by Gasteiger charge is -2.23. The molecule has 3 nitrogen and oxygen atoms in total. The predicted molar refractivity (Wildman–Crippen MR) is 85.0 cm³/mol. The van der Waals surface area contributed by atoms with Crippen LogP contribution in [0, 0.1) is 5.92 Å². The van der Waals surface area contributed by atoms with Crippen LogP contribution in [0.3, 0.4) is 0 Å². The molecule has 1 saturated carbocycles. The second kappa shape index (κ2) is 10.6. The Hall–Kier alpha value is -0.120. The highest BCUT2D eigenvalue weighted by molar-refractivity contribution is 4.72. The molecule has 1 aliphatic rings. The Morgan fingerprint density at radius 3 is 2.25 bits per heavy atom. The SMILES string of the molecule is CC(C)CC(C)OCC(O)CNC1CCCCCCC1. The summed E-state index contributed by atoms with van der Waals surface area (Å²) < 4.78 is 5.71. The number of rotatable bonds is 8. The van der Waals surface area contributed by atoms with Gasteiger partial charge < -0.3 is 15.2 Å². The minimum atomic E-state index is -0.380. The van der Waals surface area contributed by atoms with Gasteiger partial charge in [0.05, 0.1) is 18.8 Å². The van der Waals surface area contributed by atoms with Gasteiger partial charge in [-0.1, -0.05) is 46.0 Å². The Kier molecular flexibility index (Phi) is 9.49. The summed E-state index contributed by atoms with van der Waals surface area (Å²) in [6.45, 7) is 7.61. The lowest BCUT2D eigenvalue weighted by Crippen LogP contribution is -2.38. The lowest BCUT2D eigenvalue weighted by molar-refractivity contribution is -0.00948. The Balaban J connectivity index is 2.10. The van der Waals surface area contributed by atoms with Crippen LogP contribution >= 0.6 is 0 Å². The molecular formula is C17H35NO2. The standard InChI is InChI=1S/C17H35NO2/c1-14(2)11-15(3)20-13-17(19)12-18-16-9-7-5-4-6-8-10-16/h14-19H,4-13H2,1-3H3. The molecule has 0 aliphatic heterocycles. The summed E-state index contributed by atoms with van der Waals surface area (Å²) >= 11 is 0. The first-order valence-corrected chi connectivity index (χ1v) is 8.61. The van der Waals surface area contributed by atoms with E-state index in [4.69, 9.17) is 4.74 Å². The number of hydrogen-bond donors (Lipinski definition) is 2. The van der Waals surface area contributed by atoms with E-state index in [1.165, 1.54) is 44.9 Å². The van der Waals surface area contributed by atoms with Gasteiger partial charge in [0.15, 0.2) is 0 Å². The number of ether oxygens (including phenoxy) is 1. The van der Waals surface area contributed by atoms with Crippen molar-refractivity contribution in [1.29, 1.82) is 0 Å².